The molecule has 0 aromatic carbocycles. The van der Waals surface area contributed by atoms with Crippen LogP contribution >= 0.6 is 0 Å². The lowest BCUT2D eigenvalue weighted by molar-refractivity contribution is -0.118. The van der Waals surface area contributed by atoms with Crippen molar-refractivity contribution in [3.05, 3.63) is 37.0 Å². The summed E-state index contributed by atoms with van der Waals surface area (Å²) in [5.41, 5.74) is 0. The van der Waals surface area contributed by atoms with Crippen molar-refractivity contribution in [1.29, 1.82) is 0 Å². The van der Waals surface area contributed by atoms with Gasteiger partial charge >= 0.3 is 0 Å². The molecule has 0 saturated heterocycles. The van der Waals surface area contributed by atoms with E-state index in [-0.39, 0.29) is 0 Å². The van der Waals surface area contributed by atoms with Gasteiger partial charge in [-0.3, -0.25) is 4.79 Å². The molecule has 12 heavy (non-hydrogen) atoms. The highest BCUT2D eigenvalue weighted by atomic mass is 16.1. The smallest absolute Gasteiger partial charge is 0.132 e. The average molecular weight is 164 g/mol. The molecule has 0 heterocycles. The third-order valence-electron chi connectivity index (χ3n) is 1.48. The van der Waals surface area contributed by atoms with Gasteiger partial charge in [0.15, 0.2) is 0 Å². The molecule has 0 radical (unpaired) electrons. The fraction of sp³-hybridized carbons (Fsp3) is 0.364. The number of rotatable bonds is 6. The highest BCUT2D eigenvalue weighted by Crippen LogP contribution is 1.95. The van der Waals surface area contributed by atoms with E-state index in [2.05, 4.69) is 6.58 Å². The highest BCUT2D eigenvalue weighted by Gasteiger charge is 1.93. The zero-order chi connectivity index (χ0) is 9.23. The molecule has 0 aromatic heterocycles. The lowest BCUT2D eigenvalue weighted by Crippen LogP contribution is -1.92. The van der Waals surface area contributed by atoms with Gasteiger partial charge in [0.1, 0.15) is 5.78 Å². The molecule has 0 N–H and O–H groups in total. The van der Waals surface area contributed by atoms with Crippen molar-refractivity contribution in [2.24, 2.45) is 0 Å². The molecule has 0 amide bonds. The van der Waals surface area contributed by atoms with Gasteiger partial charge in [-0.05, 0) is 6.42 Å². The largest absolute Gasteiger partial charge is 0.300 e. The summed E-state index contributed by atoms with van der Waals surface area (Å²) in [6.07, 6.45) is 11.6. The number of hydrogen-bond acceptors (Lipinski definition) is 1. The van der Waals surface area contributed by atoms with E-state index in [1.807, 2.05) is 31.2 Å². The molecule has 0 saturated carbocycles. The molecule has 1 heteroatoms. The molecular formula is C11H16O. The minimum atomic E-state index is 0.326. The van der Waals surface area contributed by atoms with Crippen LogP contribution in [0.25, 0.3) is 0 Å². The van der Waals surface area contributed by atoms with E-state index in [1.54, 1.807) is 6.08 Å². The summed E-state index contributed by atoms with van der Waals surface area (Å²) >= 11 is 0. The van der Waals surface area contributed by atoms with Crippen molar-refractivity contribution in [2.45, 2.75) is 26.2 Å². The summed E-state index contributed by atoms with van der Waals surface area (Å²) in [6.45, 7) is 5.44. The van der Waals surface area contributed by atoms with Gasteiger partial charge < -0.3 is 0 Å². The van der Waals surface area contributed by atoms with Crippen LogP contribution in [0.1, 0.15) is 26.2 Å². The maximum atomic E-state index is 10.8. The highest BCUT2D eigenvalue weighted by molar-refractivity contribution is 5.78. The second-order valence-electron chi connectivity index (χ2n) is 2.48. The van der Waals surface area contributed by atoms with Crippen molar-refractivity contribution in [3.8, 4) is 0 Å². The standard InChI is InChI=1S/C11H16O/c1-3-5-6-7-8-9-10-11(12)4-2/h3,5-8H,1,4,9-10H2,2H3/b6-5-,8-7+. The lowest BCUT2D eigenvalue weighted by atomic mass is 10.2. The average Bonchev–Trinajstić information content (AvgIpc) is 2.10. The first-order chi connectivity index (χ1) is 5.81. The molecule has 0 unspecified atom stereocenters. The summed E-state index contributed by atoms with van der Waals surface area (Å²) < 4.78 is 0. The predicted molar refractivity (Wildman–Crippen MR) is 53.0 cm³/mol. The molecule has 0 spiro atoms. The van der Waals surface area contributed by atoms with Crippen molar-refractivity contribution in [2.75, 3.05) is 0 Å². The monoisotopic (exact) mass is 164 g/mol. The van der Waals surface area contributed by atoms with E-state index < -0.39 is 0 Å². The van der Waals surface area contributed by atoms with Crippen LogP contribution in [-0.2, 0) is 4.79 Å². The summed E-state index contributed by atoms with van der Waals surface area (Å²) in [4.78, 5) is 10.8. The SMILES string of the molecule is C=C/C=C\C=C\CCC(=O)CC. The van der Waals surface area contributed by atoms with E-state index in [1.165, 1.54) is 0 Å². The van der Waals surface area contributed by atoms with Gasteiger partial charge in [0.25, 0.3) is 0 Å². The molecular weight excluding hydrogens is 148 g/mol. The second kappa shape index (κ2) is 7.99. The van der Waals surface area contributed by atoms with Crippen molar-refractivity contribution < 1.29 is 4.79 Å². The van der Waals surface area contributed by atoms with Crippen LogP contribution in [-0.4, -0.2) is 5.78 Å². The number of allylic oxidation sites excluding steroid dienone is 5. The first-order valence-electron chi connectivity index (χ1n) is 4.27. The van der Waals surface area contributed by atoms with E-state index in [0.29, 0.717) is 18.6 Å². The zero-order valence-electron chi connectivity index (χ0n) is 7.62. The number of ketones is 1. The van der Waals surface area contributed by atoms with Gasteiger partial charge in [0.05, 0.1) is 0 Å². The maximum absolute atomic E-state index is 10.8. The molecule has 0 aliphatic heterocycles. The fourth-order valence-corrected chi connectivity index (χ4v) is 0.739. The molecule has 0 rings (SSSR count). The van der Waals surface area contributed by atoms with Crippen LogP contribution < -0.4 is 0 Å². The molecule has 0 atom stereocenters. The summed E-state index contributed by atoms with van der Waals surface area (Å²) in [7, 11) is 0. The summed E-state index contributed by atoms with van der Waals surface area (Å²) in [6, 6.07) is 0. The fourth-order valence-electron chi connectivity index (χ4n) is 0.739. The van der Waals surface area contributed by atoms with Crippen LogP contribution in [0.5, 0.6) is 0 Å². The number of hydrogen-bond donors (Lipinski definition) is 0. The quantitative estimate of drug-likeness (QED) is 0.551. The second-order valence-corrected chi connectivity index (χ2v) is 2.48. The van der Waals surface area contributed by atoms with Crippen LogP contribution in [0.4, 0.5) is 0 Å². The number of carbonyl (C=O) groups excluding carboxylic acids is 1. The van der Waals surface area contributed by atoms with Crippen molar-refractivity contribution in [3.63, 3.8) is 0 Å². The first kappa shape index (κ1) is 10.9. The Hall–Kier alpha value is -1.11. The molecule has 0 aromatic rings. The topological polar surface area (TPSA) is 17.1 Å². The Balaban J connectivity index is 3.42. The van der Waals surface area contributed by atoms with Crippen LogP contribution in [0.15, 0.2) is 37.0 Å². The molecule has 1 nitrogen and oxygen atoms in total. The normalized spacial score (nSPS) is 11.1. The van der Waals surface area contributed by atoms with Gasteiger partial charge in [-0.25, -0.2) is 0 Å². The Kier molecular flexibility index (Phi) is 7.25. The lowest BCUT2D eigenvalue weighted by Gasteiger charge is -1.89. The van der Waals surface area contributed by atoms with E-state index >= 15 is 0 Å². The molecule has 0 aliphatic rings. The minimum Gasteiger partial charge on any atom is -0.300 e. The third-order valence-corrected chi connectivity index (χ3v) is 1.48. The van der Waals surface area contributed by atoms with Gasteiger partial charge in [-0.2, -0.15) is 0 Å². The zero-order valence-corrected chi connectivity index (χ0v) is 7.62. The molecule has 0 bridgehead atoms. The third kappa shape index (κ3) is 7.00. The van der Waals surface area contributed by atoms with E-state index in [9.17, 15) is 4.79 Å². The Morgan fingerprint density at radius 1 is 1.33 bits per heavy atom. The van der Waals surface area contributed by atoms with Gasteiger partial charge in [-0.15, -0.1) is 0 Å². The summed E-state index contributed by atoms with van der Waals surface area (Å²) in [5.74, 6) is 0.326. The van der Waals surface area contributed by atoms with E-state index in [4.69, 9.17) is 0 Å². The van der Waals surface area contributed by atoms with Crippen molar-refractivity contribution >= 4 is 5.78 Å². The molecule has 0 fully saturated rings. The van der Waals surface area contributed by atoms with Gasteiger partial charge in [0.2, 0.25) is 0 Å². The van der Waals surface area contributed by atoms with Crippen LogP contribution in [0, 0.1) is 0 Å². The Morgan fingerprint density at radius 2 is 2.08 bits per heavy atom. The van der Waals surface area contributed by atoms with Crippen LogP contribution in [0.2, 0.25) is 0 Å². The molecule has 66 valence electrons. The Labute approximate surface area is 74.5 Å². The summed E-state index contributed by atoms with van der Waals surface area (Å²) in [5, 5.41) is 0. The Morgan fingerprint density at radius 3 is 2.67 bits per heavy atom. The molecule has 0 aliphatic carbocycles. The predicted octanol–water partition coefficient (Wildman–Crippen LogP) is 3.04. The maximum Gasteiger partial charge on any atom is 0.132 e. The number of Topliss-reactive ketones (excluding diaryl/α,β-unsaturated/α-hetero) is 1. The minimum absolute atomic E-state index is 0.326. The Bertz CT molecular complexity index is 187. The van der Waals surface area contributed by atoms with Crippen molar-refractivity contribution in [1.82, 2.24) is 0 Å². The first-order valence-corrected chi connectivity index (χ1v) is 4.27. The van der Waals surface area contributed by atoms with Gasteiger partial charge in [0, 0.05) is 12.8 Å². The van der Waals surface area contributed by atoms with Gasteiger partial charge in [-0.1, -0.05) is 43.9 Å². The van der Waals surface area contributed by atoms with E-state index in [0.717, 1.165) is 6.42 Å². The number of carbonyl (C=O) groups is 1. The van der Waals surface area contributed by atoms with Crippen LogP contribution in [0.3, 0.4) is 0 Å².